The molecule has 446 valence electrons. The predicted molar refractivity (Wildman–Crippen MR) is 269 cm³/mol. The molecule has 22 nitrogen and oxygen atoms in total. The van der Waals surface area contributed by atoms with Crippen molar-refractivity contribution in [3.05, 3.63) is 11.8 Å². The van der Waals surface area contributed by atoms with E-state index in [1.54, 1.807) is 27.4 Å². The number of esters is 1. The fourth-order valence-corrected chi connectivity index (χ4v) is 16.5. The number of cyclic esters (lactones) is 1. The molecular weight excluding hydrogens is 1020 g/mol. The zero-order valence-corrected chi connectivity index (χ0v) is 46.8. The molecule has 0 aromatic rings. The number of fused-ring (bicyclic) bond motifs is 5. The Bertz CT molecular complexity index is 2060. The van der Waals surface area contributed by atoms with Gasteiger partial charge in [-0.3, -0.25) is 4.79 Å². The zero-order valence-electron chi connectivity index (χ0n) is 46.8. The van der Waals surface area contributed by atoms with Crippen LogP contribution in [0.1, 0.15) is 125 Å². The van der Waals surface area contributed by atoms with Crippen molar-refractivity contribution in [1.29, 1.82) is 0 Å². The number of carbonyl (C=O) groups excluding carboxylic acids is 1. The Morgan fingerprint density at radius 2 is 1.14 bits per heavy atom. The molecule has 22 heteroatoms. The molecule has 10 aliphatic rings. The normalized spacial score (nSPS) is 53.7. The van der Waals surface area contributed by atoms with Crippen LogP contribution in [0.15, 0.2) is 11.8 Å². The third-order valence-electron chi connectivity index (χ3n) is 20.7. The fraction of sp³-hybridized carbons (Fsp3) is 0.946. The van der Waals surface area contributed by atoms with E-state index < -0.39 is 153 Å². The van der Waals surface area contributed by atoms with Crippen molar-refractivity contribution in [1.82, 2.24) is 0 Å². The quantitative estimate of drug-likeness (QED) is 0.0914. The Labute approximate surface area is 457 Å². The van der Waals surface area contributed by atoms with Crippen molar-refractivity contribution in [3.8, 4) is 0 Å². The van der Waals surface area contributed by atoms with Crippen molar-refractivity contribution < 1.29 is 107 Å². The van der Waals surface area contributed by atoms with Crippen LogP contribution in [-0.4, -0.2) is 217 Å². The molecule has 7 N–H and O–H groups in total. The number of aliphatic hydroxyl groups excluding tert-OH is 6. The molecule has 6 aliphatic heterocycles. The maximum absolute atomic E-state index is 12.7. The summed E-state index contributed by atoms with van der Waals surface area (Å²) in [5.74, 6) is -0.0386. The van der Waals surface area contributed by atoms with E-state index in [-0.39, 0.29) is 54.5 Å². The molecule has 4 saturated carbocycles. The molecule has 0 aromatic carbocycles. The highest BCUT2D eigenvalue weighted by atomic mass is 16.8. The summed E-state index contributed by atoms with van der Waals surface area (Å²) in [6, 6.07) is 0. The van der Waals surface area contributed by atoms with Crippen molar-refractivity contribution >= 4 is 5.97 Å². The van der Waals surface area contributed by atoms with Gasteiger partial charge in [0, 0.05) is 52.4 Å². The van der Waals surface area contributed by atoms with E-state index in [9.17, 15) is 40.5 Å². The molecule has 0 bridgehead atoms. The van der Waals surface area contributed by atoms with Crippen LogP contribution in [0, 0.1) is 34.5 Å². The summed E-state index contributed by atoms with van der Waals surface area (Å²) in [7, 11) is 4.72. The SMILES string of the molecule is CO[C@H]1CC(O[C@H]2[C@@H](OC)CC(O[C@H]3[C@@H](O)CC(O[C@H]4CC[C@@]5(C)[C@H](CC[C@@H]6[C@@H]5[C@H](O)C[C@]5(C)[C@@H](C7=COC(=O)C7)CC[C@]65O)C4)O[C@@H]3C)O[C@@H]2C)O[C@H](C)[C@H]1OC1C[C@@H](OC)[C@@H](O[C@@H]2O[C@H](CO)[C@@H](O)[C@H](O)[C@H]2O)[C@@H](C)O1. The van der Waals surface area contributed by atoms with Crippen LogP contribution in [0.4, 0.5) is 0 Å². The molecular formula is C56H90O22. The molecule has 5 saturated heterocycles. The van der Waals surface area contributed by atoms with E-state index >= 15 is 0 Å². The van der Waals surface area contributed by atoms with Gasteiger partial charge in [0.25, 0.3) is 0 Å². The van der Waals surface area contributed by atoms with Crippen molar-refractivity contribution in [2.45, 2.75) is 272 Å². The Balaban J connectivity index is 0.682. The molecule has 0 aromatic heterocycles. The number of ether oxygens (including phenoxy) is 14. The third kappa shape index (κ3) is 11.1. The third-order valence-corrected chi connectivity index (χ3v) is 20.7. The van der Waals surface area contributed by atoms with Crippen LogP contribution in [0.5, 0.6) is 0 Å². The Morgan fingerprint density at radius 1 is 0.603 bits per heavy atom. The van der Waals surface area contributed by atoms with Gasteiger partial charge in [-0.25, -0.2) is 0 Å². The number of hydrogen-bond donors (Lipinski definition) is 7. The van der Waals surface area contributed by atoms with Crippen LogP contribution in [0.3, 0.4) is 0 Å². The smallest absolute Gasteiger partial charge is 0.314 e. The minimum absolute atomic E-state index is 0.00237. The molecule has 78 heavy (non-hydrogen) atoms. The topological polar surface area (TPSA) is 288 Å². The lowest BCUT2D eigenvalue weighted by molar-refractivity contribution is -0.358. The maximum atomic E-state index is 12.7. The fourth-order valence-electron chi connectivity index (χ4n) is 16.5. The average Bonchev–Trinajstić information content (AvgIpc) is 4.14. The summed E-state index contributed by atoms with van der Waals surface area (Å²) in [6.45, 7) is 11.2. The van der Waals surface area contributed by atoms with E-state index in [0.29, 0.717) is 31.6 Å². The van der Waals surface area contributed by atoms with E-state index in [0.717, 1.165) is 44.1 Å². The first-order valence-electron chi connectivity index (χ1n) is 28.9. The van der Waals surface area contributed by atoms with Crippen molar-refractivity contribution in [2.75, 3.05) is 27.9 Å². The highest BCUT2D eigenvalue weighted by Crippen LogP contribution is 2.70. The molecule has 0 amide bonds. The van der Waals surface area contributed by atoms with Gasteiger partial charge in [-0.05, 0) is 114 Å². The minimum atomic E-state index is -1.60. The minimum Gasteiger partial charge on any atom is -0.434 e. The molecule has 4 unspecified atom stereocenters. The van der Waals surface area contributed by atoms with Crippen LogP contribution in [0.25, 0.3) is 0 Å². The molecule has 0 radical (unpaired) electrons. The average molecular weight is 1120 g/mol. The first kappa shape index (κ1) is 59.6. The Kier molecular flexibility index (Phi) is 18.2. The van der Waals surface area contributed by atoms with Crippen LogP contribution in [-0.2, 0) is 71.1 Å². The van der Waals surface area contributed by atoms with Crippen molar-refractivity contribution in [3.63, 3.8) is 0 Å². The summed E-state index contributed by atoms with van der Waals surface area (Å²) in [6.07, 6.45) is -8.83. The largest absolute Gasteiger partial charge is 0.434 e. The van der Waals surface area contributed by atoms with Crippen LogP contribution >= 0.6 is 0 Å². The molecule has 9 fully saturated rings. The van der Waals surface area contributed by atoms with Gasteiger partial charge >= 0.3 is 5.97 Å². The lowest BCUT2D eigenvalue weighted by Crippen LogP contribution is -2.66. The van der Waals surface area contributed by atoms with E-state index in [4.69, 9.17) is 66.3 Å². The summed E-state index contributed by atoms with van der Waals surface area (Å²) in [5, 5.41) is 77.2. The van der Waals surface area contributed by atoms with Crippen LogP contribution < -0.4 is 0 Å². The Morgan fingerprint density at radius 3 is 1.67 bits per heavy atom. The van der Waals surface area contributed by atoms with Gasteiger partial charge in [0.1, 0.15) is 48.8 Å². The highest BCUT2D eigenvalue weighted by molar-refractivity contribution is 5.76. The zero-order chi connectivity index (χ0) is 55.7. The first-order valence-corrected chi connectivity index (χ1v) is 28.9. The lowest BCUT2D eigenvalue weighted by Gasteiger charge is -2.65. The summed E-state index contributed by atoms with van der Waals surface area (Å²) < 4.78 is 86.5. The number of hydrogen-bond acceptors (Lipinski definition) is 22. The van der Waals surface area contributed by atoms with Gasteiger partial charge in [0.15, 0.2) is 31.5 Å². The number of methoxy groups -OCH3 is 3. The van der Waals surface area contributed by atoms with Gasteiger partial charge < -0.3 is 102 Å². The standard InChI is InChI=1S/C56H90O22/c1-25-49(34(58)18-41(69-25)73-31-12-14-54(5)30(17-31)10-11-33-45(54)35(59)22-55(6)32(13-15-56(33,55)64)29-16-40(60)68-24-29)75-42-19-36(65-7)50(26(2)70-42)76-43-20-37(66-8)51(27(3)71-43)77-44-21-38(67-9)52(28(4)72-44)78-53-48(63)47(62)46(61)39(23-57)74-53/h24-28,30-39,41-53,57-59,61-64H,10-23H2,1-9H3/t25-,26-,27-,28-,30-,31+,32-,33-,34+,35-,36+,37+,38-,39-,41?,42?,43?,44?,45-,46-,47+,48-,49-,50-,51-,52+,53+,54+,55-,56+/m1/s1. The van der Waals surface area contributed by atoms with Crippen LogP contribution in [0.2, 0.25) is 0 Å². The van der Waals surface area contributed by atoms with Gasteiger partial charge in [0.05, 0.1) is 85.9 Å². The van der Waals surface area contributed by atoms with E-state index in [1.165, 1.54) is 7.11 Å². The second-order valence-electron chi connectivity index (χ2n) is 25.0. The monoisotopic (exact) mass is 1110 g/mol. The molecule has 10 rings (SSSR count). The molecule has 30 atom stereocenters. The lowest BCUT2D eigenvalue weighted by atomic mass is 9.42. The summed E-state index contributed by atoms with van der Waals surface area (Å²) in [4.78, 5) is 12.1. The van der Waals surface area contributed by atoms with Gasteiger partial charge in [-0.15, -0.1) is 0 Å². The number of rotatable bonds is 15. The Hall–Kier alpha value is -1.59. The van der Waals surface area contributed by atoms with Gasteiger partial charge in [-0.1, -0.05) is 13.8 Å². The van der Waals surface area contributed by atoms with E-state index in [2.05, 4.69) is 13.8 Å². The second kappa shape index (κ2) is 23.8. The first-order chi connectivity index (χ1) is 37.1. The van der Waals surface area contributed by atoms with E-state index in [1.807, 2.05) is 20.8 Å². The predicted octanol–water partition coefficient (Wildman–Crippen LogP) is 2.23. The second-order valence-corrected chi connectivity index (χ2v) is 25.0. The van der Waals surface area contributed by atoms with Gasteiger partial charge in [0.2, 0.25) is 0 Å². The van der Waals surface area contributed by atoms with Gasteiger partial charge in [-0.2, -0.15) is 0 Å². The molecule has 4 aliphatic carbocycles. The highest BCUT2D eigenvalue weighted by Gasteiger charge is 2.70. The van der Waals surface area contributed by atoms with Crippen molar-refractivity contribution in [2.24, 2.45) is 34.5 Å². The molecule has 0 spiro atoms. The summed E-state index contributed by atoms with van der Waals surface area (Å²) >= 11 is 0. The maximum Gasteiger partial charge on any atom is 0.314 e. The summed E-state index contributed by atoms with van der Waals surface area (Å²) in [5.41, 5.74) is -0.700. The molecule has 6 heterocycles. The number of carbonyl (C=O) groups is 1. The number of aliphatic hydroxyl groups is 7.